The van der Waals surface area contributed by atoms with Crippen LogP contribution in [0.15, 0.2) is 23.6 Å². The van der Waals surface area contributed by atoms with Crippen molar-refractivity contribution >= 4 is 29.1 Å². The first-order valence-electron chi connectivity index (χ1n) is 8.05. The van der Waals surface area contributed by atoms with Gasteiger partial charge in [-0.2, -0.15) is 0 Å². The quantitative estimate of drug-likeness (QED) is 0.776. The van der Waals surface area contributed by atoms with Crippen LogP contribution in [0.5, 0.6) is 0 Å². The lowest BCUT2D eigenvalue weighted by Crippen LogP contribution is -2.52. The fourth-order valence-electron chi connectivity index (χ4n) is 2.96. The van der Waals surface area contributed by atoms with Crippen LogP contribution < -0.4 is 0 Å². The molecule has 0 bridgehead atoms. The van der Waals surface area contributed by atoms with Gasteiger partial charge in [0.1, 0.15) is 0 Å². The summed E-state index contributed by atoms with van der Waals surface area (Å²) in [6, 6.07) is 2.15. The van der Waals surface area contributed by atoms with Crippen LogP contribution in [0, 0.1) is 0 Å². The summed E-state index contributed by atoms with van der Waals surface area (Å²) in [6.07, 6.45) is 3.20. The van der Waals surface area contributed by atoms with E-state index in [1.807, 2.05) is 6.07 Å². The fraction of sp³-hybridized carbons (Fsp3) is 0.471. The van der Waals surface area contributed by atoms with Gasteiger partial charge >= 0.3 is 11.9 Å². The Morgan fingerprint density at radius 2 is 1.76 bits per heavy atom. The summed E-state index contributed by atoms with van der Waals surface area (Å²) in [5.74, 6) is -2.16. The molecule has 1 fully saturated rings. The smallest absolute Gasteiger partial charge is 0.328 e. The summed E-state index contributed by atoms with van der Waals surface area (Å²) in [5, 5.41) is 17.7. The highest BCUT2D eigenvalue weighted by atomic mass is 32.1. The highest BCUT2D eigenvalue weighted by molar-refractivity contribution is 7.10. The van der Waals surface area contributed by atoms with Crippen LogP contribution in [0.1, 0.15) is 21.7 Å². The number of piperazine rings is 1. The number of aryl methyl sites for hydroxylation is 1. The molecule has 2 N–H and O–H groups in total. The molecule has 1 atom stereocenters. The largest absolute Gasteiger partial charge is 0.478 e. The SMILES string of the molecule is CN1CCN(C2CCc3sccc3C2=O)CC1.O=C(O)C=CC(=O)O. The van der Waals surface area contributed by atoms with Crippen molar-refractivity contribution in [3.05, 3.63) is 34.0 Å². The summed E-state index contributed by atoms with van der Waals surface area (Å²) < 4.78 is 0. The van der Waals surface area contributed by atoms with Crippen LogP contribution in [0.4, 0.5) is 0 Å². The molecule has 7 nitrogen and oxygen atoms in total. The molecule has 0 amide bonds. The van der Waals surface area contributed by atoms with Crippen molar-refractivity contribution in [3.8, 4) is 0 Å². The second-order valence-electron chi connectivity index (χ2n) is 6.03. The lowest BCUT2D eigenvalue weighted by atomic mass is 9.91. The molecule has 0 radical (unpaired) electrons. The monoisotopic (exact) mass is 366 g/mol. The van der Waals surface area contributed by atoms with Gasteiger partial charge in [0, 0.05) is 48.8 Å². The first kappa shape index (κ1) is 19.3. The van der Waals surface area contributed by atoms with Crippen LogP contribution >= 0.6 is 11.3 Å². The van der Waals surface area contributed by atoms with Crippen LogP contribution in [-0.4, -0.2) is 77.0 Å². The Morgan fingerprint density at radius 1 is 1.16 bits per heavy atom. The highest BCUT2D eigenvalue weighted by Crippen LogP contribution is 2.28. The van der Waals surface area contributed by atoms with Gasteiger partial charge in [0.25, 0.3) is 0 Å². The maximum Gasteiger partial charge on any atom is 0.328 e. The number of Topliss-reactive ketones (excluding diaryl/α,β-unsaturated/α-hetero) is 1. The van der Waals surface area contributed by atoms with Gasteiger partial charge in [-0.25, -0.2) is 9.59 Å². The van der Waals surface area contributed by atoms with Crippen molar-refractivity contribution < 1.29 is 24.6 Å². The van der Waals surface area contributed by atoms with E-state index in [2.05, 4.69) is 22.2 Å². The Morgan fingerprint density at radius 3 is 2.32 bits per heavy atom. The van der Waals surface area contributed by atoms with Crippen molar-refractivity contribution in [2.24, 2.45) is 0 Å². The van der Waals surface area contributed by atoms with Crippen molar-refractivity contribution in [1.82, 2.24) is 9.80 Å². The van der Waals surface area contributed by atoms with Crippen molar-refractivity contribution in [2.75, 3.05) is 33.2 Å². The Balaban J connectivity index is 0.000000242. The minimum Gasteiger partial charge on any atom is -0.478 e. The lowest BCUT2D eigenvalue weighted by molar-refractivity contribution is -0.134. The molecule has 8 heteroatoms. The number of carboxylic acid groups (broad SMARTS) is 2. The van der Waals surface area contributed by atoms with E-state index in [0.717, 1.165) is 44.6 Å². The summed E-state index contributed by atoms with van der Waals surface area (Å²) in [7, 11) is 2.15. The van der Waals surface area contributed by atoms with Gasteiger partial charge in [0.15, 0.2) is 5.78 Å². The molecule has 1 unspecified atom stereocenters. The molecule has 1 aliphatic heterocycles. The average molecular weight is 366 g/mol. The minimum atomic E-state index is -1.26. The molecular formula is C17H22N2O5S. The van der Waals surface area contributed by atoms with Crippen LogP contribution in [0.3, 0.4) is 0 Å². The van der Waals surface area contributed by atoms with Crippen LogP contribution in [-0.2, 0) is 16.0 Å². The molecule has 136 valence electrons. The van der Waals surface area contributed by atoms with E-state index in [1.54, 1.807) is 11.3 Å². The molecule has 1 aromatic heterocycles. The Bertz CT molecular complexity index is 646. The number of fused-ring (bicyclic) bond motifs is 1. The van der Waals surface area contributed by atoms with Gasteiger partial charge in [-0.15, -0.1) is 11.3 Å². The maximum atomic E-state index is 12.4. The molecule has 0 saturated carbocycles. The van der Waals surface area contributed by atoms with Crippen LogP contribution in [0.2, 0.25) is 0 Å². The second-order valence-corrected chi connectivity index (χ2v) is 7.03. The predicted molar refractivity (Wildman–Crippen MR) is 94.2 cm³/mol. The first-order chi connectivity index (χ1) is 11.9. The minimum absolute atomic E-state index is 0.144. The normalized spacial score (nSPS) is 21.5. The standard InChI is InChI=1S/C13H18N2OS.C4H4O4/c1-14-5-7-15(8-6-14)11-2-3-12-10(13(11)16)4-9-17-12;5-3(6)1-2-4(7)8/h4,9,11H,2-3,5-8H2,1H3;1-2H,(H,5,6)(H,7,8). The van der Waals surface area contributed by atoms with Crippen molar-refractivity contribution in [3.63, 3.8) is 0 Å². The average Bonchev–Trinajstić information content (AvgIpc) is 3.05. The number of carbonyl (C=O) groups excluding carboxylic acids is 1. The van der Waals surface area contributed by atoms with Gasteiger partial charge < -0.3 is 15.1 Å². The Kier molecular flexibility index (Phi) is 6.86. The predicted octanol–water partition coefficient (Wildman–Crippen LogP) is 1.20. The molecule has 0 aromatic carbocycles. The van der Waals surface area contributed by atoms with Gasteiger partial charge in [-0.3, -0.25) is 9.69 Å². The zero-order valence-corrected chi connectivity index (χ0v) is 14.9. The van der Waals surface area contributed by atoms with Gasteiger partial charge in [-0.05, 0) is 31.3 Å². The third kappa shape index (κ3) is 5.48. The third-order valence-corrected chi connectivity index (χ3v) is 5.29. The third-order valence-electron chi connectivity index (χ3n) is 4.31. The zero-order valence-electron chi connectivity index (χ0n) is 14.1. The number of thiophene rings is 1. The number of ketones is 1. The number of carbonyl (C=O) groups is 3. The number of likely N-dealkylation sites (N-methyl/N-ethyl adjacent to an activating group) is 1. The molecule has 0 spiro atoms. The lowest BCUT2D eigenvalue weighted by Gasteiger charge is -2.38. The number of hydrogen-bond acceptors (Lipinski definition) is 6. The molecule has 1 aromatic rings. The summed E-state index contributed by atoms with van der Waals surface area (Å²) in [5.41, 5.74) is 0.991. The van der Waals surface area contributed by atoms with Crippen molar-refractivity contribution in [2.45, 2.75) is 18.9 Å². The van der Waals surface area contributed by atoms with E-state index in [4.69, 9.17) is 10.2 Å². The van der Waals surface area contributed by atoms with E-state index in [0.29, 0.717) is 17.9 Å². The van der Waals surface area contributed by atoms with E-state index in [-0.39, 0.29) is 6.04 Å². The Labute approximate surface area is 150 Å². The molecular weight excluding hydrogens is 344 g/mol. The number of aliphatic carboxylic acids is 2. The second kappa shape index (κ2) is 8.89. The summed E-state index contributed by atoms with van der Waals surface area (Å²) >= 11 is 1.73. The molecule has 1 saturated heterocycles. The Hall–Kier alpha value is -2.03. The van der Waals surface area contributed by atoms with E-state index >= 15 is 0 Å². The van der Waals surface area contributed by atoms with E-state index < -0.39 is 11.9 Å². The van der Waals surface area contributed by atoms with Crippen LogP contribution in [0.25, 0.3) is 0 Å². The van der Waals surface area contributed by atoms with Gasteiger partial charge in [0.2, 0.25) is 0 Å². The number of rotatable bonds is 3. The zero-order chi connectivity index (χ0) is 18.4. The fourth-order valence-corrected chi connectivity index (χ4v) is 3.86. The molecule has 25 heavy (non-hydrogen) atoms. The molecule has 3 rings (SSSR count). The first-order valence-corrected chi connectivity index (χ1v) is 8.93. The highest BCUT2D eigenvalue weighted by Gasteiger charge is 2.33. The molecule has 2 aliphatic rings. The van der Waals surface area contributed by atoms with Gasteiger partial charge in [-0.1, -0.05) is 0 Å². The molecule has 2 heterocycles. The number of hydrogen-bond donors (Lipinski definition) is 2. The molecule has 1 aliphatic carbocycles. The number of carboxylic acids is 2. The maximum absolute atomic E-state index is 12.4. The topological polar surface area (TPSA) is 98.2 Å². The van der Waals surface area contributed by atoms with Gasteiger partial charge in [0.05, 0.1) is 6.04 Å². The summed E-state index contributed by atoms with van der Waals surface area (Å²) in [4.78, 5) is 37.5. The number of nitrogens with zero attached hydrogens (tertiary/aromatic N) is 2. The van der Waals surface area contributed by atoms with E-state index in [9.17, 15) is 14.4 Å². The summed E-state index contributed by atoms with van der Waals surface area (Å²) in [6.45, 7) is 4.24. The van der Waals surface area contributed by atoms with Crippen molar-refractivity contribution in [1.29, 1.82) is 0 Å². The van der Waals surface area contributed by atoms with E-state index in [1.165, 1.54) is 4.88 Å².